The number of ether oxygens (including phenoxy) is 1. The third-order valence-corrected chi connectivity index (χ3v) is 4.11. The van der Waals surface area contributed by atoms with Gasteiger partial charge in [-0.25, -0.2) is 9.18 Å². The van der Waals surface area contributed by atoms with Crippen molar-refractivity contribution in [2.45, 2.75) is 58.7 Å². The number of tetrazole rings is 1. The fourth-order valence-corrected chi connectivity index (χ4v) is 2.18. The molecule has 0 saturated heterocycles. The first-order valence-corrected chi connectivity index (χ1v) is 8.05. The third-order valence-electron chi connectivity index (χ3n) is 4.11. The highest BCUT2D eigenvalue weighted by Gasteiger charge is 2.28. The molecule has 7 nitrogen and oxygen atoms in total. The molecule has 0 bridgehead atoms. The van der Waals surface area contributed by atoms with Gasteiger partial charge in [-0.1, -0.05) is 20.8 Å². The van der Waals surface area contributed by atoms with Gasteiger partial charge in [0.2, 0.25) is 0 Å². The molecule has 138 valence electrons. The zero-order valence-corrected chi connectivity index (χ0v) is 15.7. The molecule has 0 saturated carbocycles. The fraction of sp³-hybridized carbons (Fsp3) is 0.588. The summed E-state index contributed by atoms with van der Waals surface area (Å²) >= 11 is 0. The first-order chi connectivity index (χ1) is 11.3. The summed E-state index contributed by atoms with van der Waals surface area (Å²) < 4.78 is 22.5. The summed E-state index contributed by atoms with van der Waals surface area (Å²) in [5.74, 6) is -0.339. The summed E-state index contributed by atoms with van der Waals surface area (Å²) in [5.41, 5.74) is -1.41. The molecule has 0 aliphatic rings. The number of aromatic nitrogens is 4. The van der Waals surface area contributed by atoms with E-state index in [2.05, 4.69) is 10.4 Å². The molecule has 0 aliphatic heterocycles. The molecule has 1 heterocycles. The number of rotatable bonds is 4. The van der Waals surface area contributed by atoms with Crippen LogP contribution in [0.15, 0.2) is 16.9 Å². The highest BCUT2D eigenvalue weighted by molar-refractivity contribution is 5.50. The van der Waals surface area contributed by atoms with Gasteiger partial charge in [0.05, 0.1) is 5.60 Å². The minimum Gasteiger partial charge on any atom is -0.485 e. The molecule has 0 amide bonds. The van der Waals surface area contributed by atoms with Gasteiger partial charge in [-0.05, 0) is 48.2 Å². The van der Waals surface area contributed by atoms with Crippen LogP contribution in [0.3, 0.4) is 0 Å². The molecule has 1 unspecified atom stereocenters. The van der Waals surface area contributed by atoms with Gasteiger partial charge in [-0.2, -0.15) is 9.36 Å². The highest BCUT2D eigenvalue weighted by Crippen LogP contribution is 2.33. The molecular weight excluding hydrogens is 327 g/mol. The van der Waals surface area contributed by atoms with Gasteiger partial charge >= 0.3 is 5.69 Å². The van der Waals surface area contributed by atoms with Crippen LogP contribution in [0.5, 0.6) is 5.75 Å². The van der Waals surface area contributed by atoms with Crippen molar-refractivity contribution in [1.29, 1.82) is 0 Å². The SMILES string of the molecule is CC(Oc1cc(F)c(C(C)(C)C)cc1-n1nnn(C)c1=O)C(C)(C)O. The Balaban J connectivity index is 2.68. The number of hydrogen-bond donors (Lipinski definition) is 1. The smallest absolute Gasteiger partial charge is 0.368 e. The average molecular weight is 352 g/mol. The molecule has 8 heteroatoms. The monoisotopic (exact) mass is 352 g/mol. The molecular formula is C17H25FN4O3. The van der Waals surface area contributed by atoms with E-state index in [-0.39, 0.29) is 11.4 Å². The predicted molar refractivity (Wildman–Crippen MR) is 91.6 cm³/mol. The number of nitrogens with zero attached hydrogens (tertiary/aromatic N) is 4. The van der Waals surface area contributed by atoms with Crippen LogP contribution in [-0.2, 0) is 12.5 Å². The molecule has 1 N–H and O–H groups in total. The lowest BCUT2D eigenvalue weighted by molar-refractivity contribution is -0.0243. The van der Waals surface area contributed by atoms with E-state index in [9.17, 15) is 14.3 Å². The third kappa shape index (κ3) is 3.89. The minimum atomic E-state index is -1.15. The van der Waals surface area contributed by atoms with Gasteiger partial charge in [0.1, 0.15) is 23.4 Å². The Labute approximate surface area is 146 Å². The topological polar surface area (TPSA) is 82.2 Å². The standard InChI is InChI=1S/C17H25FN4O3/c1-10(17(5,6)24)25-14-9-12(18)11(16(2,3)4)8-13(14)22-15(23)21(7)19-20-22/h8-10,24H,1-7H3. The first kappa shape index (κ1) is 19.1. The first-order valence-electron chi connectivity index (χ1n) is 8.05. The summed E-state index contributed by atoms with van der Waals surface area (Å²) in [7, 11) is 1.47. The van der Waals surface area contributed by atoms with Crippen LogP contribution in [0.25, 0.3) is 5.69 Å². The van der Waals surface area contributed by atoms with Gasteiger partial charge in [-0.15, -0.1) is 0 Å². The zero-order chi connectivity index (χ0) is 19.2. The molecule has 0 aliphatic carbocycles. The van der Waals surface area contributed by atoms with Crippen molar-refractivity contribution in [2.24, 2.45) is 7.05 Å². The van der Waals surface area contributed by atoms with Gasteiger partial charge in [0, 0.05) is 13.1 Å². The second-order valence-corrected chi connectivity index (χ2v) is 7.76. The number of aliphatic hydroxyl groups is 1. The van der Waals surface area contributed by atoms with Crippen molar-refractivity contribution in [1.82, 2.24) is 19.8 Å². The molecule has 2 aromatic rings. The molecule has 25 heavy (non-hydrogen) atoms. The maximum atomic E-state index is 14.6. The van der Waals surface area contributed by atoms with E-state index in [0.29, 0.717) is 5.56 Å². The summed E-state index contributed by atoms with van der Waals surface area (Å²) in [6.45, 7) is 10.5. The number of aryl methyl sites for hydroxylation is 1. The van der Waals surface area contributed by atoms with E-state index in [1.54, 1.807) is 20.8 Å². The predicted octanol–water partition coefficient (Wildman–Crippen LogP) is 1.94. The Bertz CT molecular complexity index is 828. The van der Waals surface area contributed by atoms with Crippen LogP contribution in [0, 0.1) is 5.82 Å². The van der Waals surface area contributed by atoms with Crippen LogP contribution in [0.1, 0.15) is 47.1 Å². The van der Waals surface area contributed by atoms with E-state index in [4.69, 9.17) is 4.74 Å². The Morgan fingerprint density at radius 3 is 2.24 bits per heavy atom. The van der Waals surface area contributed by atoms with Gasteiger partial charge in [0.25, 0.3) is 0 Å². The van der Waals surface area contributed by atoms with Crippen LogP contribution in [-0.4, -0.2) is 36.6 Å². The normalized spacial score (nSPS) is 13.8. The van der Waals surface area contributed by atoms with Crippen LogP contribution >= 0.6 is 0 Å². The average Bonchev–Trinajstić information content (AvgIpc) is 2.77. The molecule has 2 rings (SSSR count). The highest BCUT2D eigenvalue weighted by atomic mass is 19.1. The summed E-state index contributed by atoms with van der Waals surface area (Å²) in [6, 6.07) is 2.76. The second-order valence-electron chi connectivity index (χ2n) is 7.76. The van der Waals surface area contributed by atoms with Crippen LogP contribution in [0.2, 0.25) is 0 Å². The Kier molecular flexibility index (Phi) is 4.78. The number of benzene rings is 1. The van der Waals surface area contributed by atoms with Gasteiger partial charge in [0.15, 0.2) is 0 Å². The van der Waals surface area contributed by atoms with E-state index in [0.717, 1.165) is 9.36 Å². The Morgan fingerprint density at radius 1 is 1.20 bits per heavy atom. The second kappa shape index (κ2) is 6.25. The van der Waals surface area contributed by atoms with Gasteiger partial charge in [-0.3, -0.25) is 0 Å². The summed E-state index contributed by atoms with van der Waals surface area (Å²) in [6.07, 6.45) is -0.640. The lowest BCUT2D eigenvalue weighted by atomic mass is 9.86. The van der Waals surface area contributed by atoms with E-state index in [1.807, 2.05) is 20.8 Å². The lowest BCUT2D eigenvalue weighted by Crippen LogP contribution is -2.38. The van der Waals surface area contributed by atoms with Crippen molar-refractivity contribution in [3.8, 4) is 11.4 Å². The molecule has 1 aromatic heterocycles. The maximum Gasteiger partial charge on any atom is 0.368 e. The Morgan fingerprint density at radius 2 is 1.80 bits per heavy atom. The van der Waals surface area contributed by atoms with Gasteiger partial charge < -0.3 is 9.84 Å². The number of hydrogen-bond acceptors (Lipinski definition) is 5. The largest absolute Gasteiger partial charge is 0.485 e. The van der Waals surface area contributed by atoms with Crippen molar-refractivity contribution >= 4 is 0 Å². The summed E-state index contributed by atoms with van der Waals surface area (Å²) in [5, 5.41) is 17.6. The maximum absolute atomic E-state index is 14.6. The Hall–Kier alpha value is -2.22. The quantitative estimate of drug-likeness (QED) is 0.909. The van der Waals surface area contributed by atoms with E-state index < -0.39 is 28.6 Å². The minimum absolute atomic E-state index is 0.114. The van der Waals surface area contributed by atoms with E-state index >= 15 is 0 Å². The van der Waals surface area contributed by atoms with Crippen molar-refractivity contribution in [2.75, 3.05) is 0 Å². The van der Waals surface area contributed by atoms with Crippen molar-refractivity contribution in [3.05, 3.63) is 34.0 Å². The molecule has 0 radical (unpaired) electrons. The lowest BCUT2D eigenvalue weighted by Gasteiger charge is -2.28. The fourth-order valence-electron chi connectivity index (χ4n) is 2.18. The van der Waals surface area contributed by atoms with Crippen LogP contribution < -0.4 is 10.4 Å². The molecule has 1 aromatic carbocycles. The van der Waals surface area contributed by atoms with Crippen LogP contribution in [0.4, 0.5) is 4.39 Å². The molecule has 1 atom stereocenters. The molecule has 0 spiro atoms. The zero-order valence-electron chi connectivity index (χ0n) is 15.7. The molecule has 0 fully saturated rings. The van der Waals surface area contributed by atoms with Crippen molar-refractivity contribution < 1.29 is 14.2 Å². The van der Waals surface area contributed by atoms with E-state index in [1.165, 1.54) is 19.2 Å². The van der Waals surface area contributed by atoms with Crippen molar-refractivity contribution in [3.63, 3.8) is 0 Å². The summed E-state index contributed by atoms with van der Waals surface area (Å²) in [4.78, 5) is 12.3. The number of halogens is 1.